The molecule has 0 radical (unpaired) electrons. The van der Waals surface area contributed by atoms with E-state index in [1.54, 1.807) is 30.3 Å². The molecule has 7 atom stereocenters. The van der Waals surface area contributed by atoms with Gasteiger partial charge in [-0.3, -0.25) is 9.59 Å². The van der Waals surface area contributed by atoms with Gasteiger partial charge >= 0.3 is 35.8 Å². The first-order valence-corrected chi connectivity index (χ1v) is 19.8. The number of hydrogen-bond acceptors (Lipinski definition) is 14. The number of benzene rings is 4. The highest BCUT2D eigenvalue weighted by Crippen LogP contribution is 2.32. The van der Waals surface area contributed by atoms with Crippen molar-refractivity contribution in [2.75, 3.05) is 26.4 Å². The van der Waals surface area contributed by atoms with Crippen LogP contribution in [0.25, 0.3) is 21.5 Å². The molecule has 0 saturated heterocycles. The Kier molecular flexibility index (Phi) is 14.6. The number of carbonyl (C=O) groups is 6. The van der Waals surface area contributed by atoms with Crippen molar-refractivity contribution in [2.24, 2.45) is 17.8 Å². The Morgan fingerprint density at radius 2 is 1.08 bits per heavy atom. The molecular formula is C45H48O14. The van der Waals surface area contributed by atoms with Gasteiger partial charge < -0.3 is 38.6 Å². The smallest absolute Gasteiger partial charge is 0.344 e. The van der Waals surface area contributed by atoms with Gasteiger partial charge in [-0.25, -0.2) is 19.2 Å². The molecule has 4 aromatic rings. The largest absolute Gasteiger partial charge is 0.463 e. The van der Waals surface area contributed by atoms with E-state index >= 15 is 0 Å². The lowest BCUT2D eigenvalue weighted by molar-refractivity contribution is -0.165. The zero-order chi connectivity index (χ0) is 41.9. The molecule has 0 spiro atoms. The topological polar surface area (TPSA) is 198 Å². The number of rotatable bonds is 15. The van der Waals surface area contributed by atoms with E-state index in [0.717, 1.165) is 21.5 Å². The van der Waals surface area contributed by atoms with E-state index < -0.39 is 85.8 Å². The third-order valence-corrected chi connectivity index (χ3v) is 10.7. The fraction of sp³-hybridized carbons (Fsp3) is 0.422. The highest BCUT2D eigenvalue weighted by atomic mass is 16.6. The average molecular weight is 813 g/mol. The van der Waals surface area contributed by atoms with Crippen LogP contribution in [0.3, 0.4) is 0 Å². The van der Waals surface area contributed by atoms with Crippen molar-refractivity contribution in [1.82, 2.24) is 0 Å². The molecule has 6 rings (SSSR count). The second kappa shape index (κ2) is 20.2. The summed E-state index contributed by atoms with van der Waals surface area (Å²) in [5.74, 6) is -5.74. The van der Waals surface area contributed by atoms with Crippen LogP contribution in [0, 0.1) is 17.8 Å². The minimum Gasteiger partial charge on any atom is -0.463 e. The molecule has 2 saturated carbocycles. The zero-order valence-electron chi connectivity index (χ0n) is 32.7. The lowest BCUT2D eigenvalue weighted by Crippen LogP contribution is -2.39. The highest BCUT2D eigenvalue weighted by molar-refractivity contribution is 6.16. The molecule has 2 N–H and O–H groups in total. The summed E-state index contributed by atoms with van der Waals surface area (Å²) in [4.78, 5) is 75.2. The van der Waals surface area contributed by atoms with Gasteiger partial charge in [-0.2, -0.15) is 0 Å². The van der Waals surface area contributed by atoms with Crippen molar-refractivity contribution < 1.29 is 67.4 Å². The van der Waals surface area contributed by atoms with Gasteiger partial charge in [0, 0.05) is 0 Å². The third kappa shape index (κ3) is 11.6. The summed E-state index contributed by atoms with van der Waals surface area (Å²) in [7, 11) is 0. The summed E-state index contributed by atoms with van der Waals surface area (Å²) in [6, 6.07) is 25.6. The van der Waals surface area contributed by atoms with Crippen LogP contribution in [-0.2, 0) is 47.6 Å². The van der Waals surface area contributed by atoms with Gasteiger partial charge in [0.15, 0.2) is 13.2 Å². The third-order valence-electron chi connectivity index (χ3n) is 10.7. The van der Waals surface area contributed by atoms with E-state index in [2.05, 4.69) is 0 Å². The van der Waals surface area contributed by atoms with Gasteiger partial charge in [-0.05, 0) is 90.1 Å². The predicted octanol–water partition coefficient (Wildman–Crippen LogP) is 5.27. The Balaban J connectivity index is 0.832. The Hall–Kier alpha value is -5.86. The van der Waals surface area contributed by atoms with E-state index in [-0.39, 0.29) is 37.9 Å². The molecule has 14 nitrogen and oxygen atoms in total. The lowest BCUT2D eigenvalue weighted by atomic mass is 9.85. The molecule has 4 aromatic carbocycles. The van der Waals surface area contributed by atoms with Crippen molar-refractivity contribution in [3.8, 4) is 0 Å². The fourth-order valence-electron chi connectivity index (χ4n) is 7.50. The van der Waals surface area contributed by atoms with E-state index in [4.69, 9.17) is 28.4 Å². The minimum atomic E-state index is -0.987. The second-order valence-electron chi connectivity index (χ2n) is 15.2. The molecule has 0 bridgehead atoms. The maximum absolute atomic E-state index is 13.5. The van der Waals surface area contributed by atoms with Gasteiger partial charge in [-0.15, -0.1) is 0 Å². The van der Waals surface area contributed by atoms with Crippen LogP contribution in [0.15, 0.2) is 84.9 Å². The van der Waals surface area contributed by atoms with Crippen LogP contribution in [0.5, 0.6) is 0 Å². The Labute approximate surface area is 340 Å². The van der Waals surface area contributed by atoms with E-state index in [1.807, 2.05) is 54.6 Å². The fourth-order valence-corrected chi connectivity index (χ4v) is 7.50. The summed E-state index contributed by atoms with van der Waals surface area (Å²) < 4.78 is 31.8. The van der Waals surface area contributed by atoms with Crippen molar-refractivity contribution >= 4 is 57.4 Å². The normalized spacial score (nSPS) is 22.1. The number of aliphatic hydroxyl groups excluding tert-OH is 2. The number of ether oxygens (including phenoxy) is 6. The lowest BCUT2D eigenvalue weighted by Gasteiger charge is -2.32. The van der Waals surface area contributed by atoms with Crippen LogP contribution in [0.4, 0.5) is 0 Å². The number of esters is 6. The summed E-state index contributed by atoms with van der Waals surface area (Å²) in [5.41, 5.74) is 0.828. The Bertz CT molecular complexity index is 2080. The quantitative estimate of drug-likeness (QED) is 0.0895. The maximum atomic E-state index is 13.5. The maximum Gasteiger partial charge on any atom is 0.344 e. The zero-order valence-corrected chi connectivity index (χ0v) is 32.7. The minimum absolute atomic E-state index is 0.0205. The number of carbonyl (C=O) groups excluding carboxylic acids is 6. The first kappa shape index (κ1) is 42.7. The number of fused-ring (bicyclic) bond motifs is 2. The second-order valence-corrected chi connectivity index (χ2v) is 15.2. The summed E-state index contributed by atoms with van der Waals surface area (Å²) in [5, 5.41) is 24.7. The standard InChI is InChI=1S/C45H48O14/c1-27(19-39(48)56-25-40(49)54-23-28-15-17-37(35(46)20-28)58-44(52)30-9-3-2-4-10-30)43(51)57-26-41(50)55-24-29-16-18-38(36(47)21-29)59-45(53)42-33-13-7-5-11-31(33)22-32-12-6-8-14-34(32)42/h2-14,22,27-29,35-38,46-47H,15-21,23-26H2,1H3. The van der Waals surface area contributed by atoms with Gasteiger partial charge in [0.25, 0.3) is 0 Å². The summed E-state index contributed by atoms with van der Waals surface area (Å²) >= 11 is 0. The van der Waals surface area contributed by atoms with Crippen molar-refractivity contribution in [2.45, 2.75) is 76.3 Å². The molecule has 0 aromatic heterocycles. The van der Waals surface area contributed by atoms with E-state index in [0.29, 0.717) is 36.8 Å². The number of hydrogen-bond donors (Lipinski definition) is 2. The van der Waals surface area contributed by atoms with E-state index in [1.165, 1.54) is 6.92 Å². The molecule has 0 aliphatic heterocycles. The first-order valence-electron chi connectivity index (χ1n) is 19.8. The molecule has 2 aliphatic carbocycles. The van der Waals surface area contributed by atoms with Gasteiger partial charge in [-0.1, -0.05) is 73.7 Å². The van der Waals surface area contributed by atoms with Gasteiger partial charge in [0.2, 0.25) is 0 Å². The molecule has 59 heavy (non-hydrogen) atoms. The predicted molar refractivity (Wildman–Crippen MR) is 211 cm³/mol. The van der Waals surface area contributed by atoms with Gasteiger partial charge in [0.1, 0.15) is 12.2 Å². The average Bonchev–Trinajstić information content (AvgIpc) is 3.24. The number of aliphatic hydroxyl groups is 2. The molecule has 0 amide bonds. The first-order chi connectivity index (χ1) is 28.4. The molecule has 2 fully saturated rings. The molecule has 312 valence electrons. The molecular weight excluding hydrogens is 764 g/mol. The van der Waals surface area contributed by atoms with Crippen molar-refractivity contribution in [3.05, 3.63) is 96.1 Å². The SMILES string of the molecule is CC(CC(=O)OCC(=O)OCC1CCC(OC(=O)c2ccccc2)C(O)C1)C(=O)OCC(=O)OCC1CCC(OC(=O)c2c3ccccc3cc3ccccc23)C(O)C1. The van der Waals surface area contributed by atoms with Crippen LogP contribution < -0.4 is 0 Å². The molecule has 14 heteroatoms. The monoisotopic (exact) mass is 812 g/mol. The molecule has 2 aliphatic rings. The summed E-state index contributed by atoms with van der Waals surface area (Å²) in [6.07, 6.45) is -1.44. The van der Waals surface area contributed by atoms with Gasteiger partial charge in [0.05, 0.1) is 48.9 Å². The van der Waals surface area contributed by atoms with Crippen LogP contribution in [-0.4, -0.2) is 96.9 Å². The molecule has 0 heterocycles. The Morgan fingerprint density at radius 3 is 1.63 bits per heavy atom. The summed E-state index contributed by atoms with van der Waals surface area (Å²) in [6.45, 7) is -0.0220. The Morgan fingerprint density at radius 1 is 0.593 bits per heavy atom. The van der Waals surface area contributed by atoms with E-state index in [9.17, 15) is 39.0 Å². The van der Waals surface area contributed by atoms with Crippen LogP contribution in [0.1, 0.15) is 72.6 Å². The van der Waals surface area contributed by atoms with Crippen molar-refractivity contribution in [3.63, 3.8) is 0 Å². The van der Waals surface area contributed by atoms with Crippen molar-refractivity contribution in [1.29, 1.82) is 0 Å². The van der Waals surface area contributed by atoms with Crippen LogP contribution in [0.2, 0.25) is 0 Å². The van der Waals surface area contributed by atoms with Crippen LogP contribution >= 0.6 is 0 Å². The highest BCUT2D eigenvalue weighted by Gasteiger charge is 2.35. The molecule has 7 unspecified atom stereocenters.